The molecule has 0 aromatic heterocycles. The van der Waals surface area contributed by atoms with E-state index in [1.165, 1.54) is 6.92 Å². The number of rotatable bonds is 6. The molecule has 1 aliphatic heterocycles. The first-order chi connectivity index (χ1) is 14.0. The Bertz CT molecular complexity index is 805. The molecular weight excluding hydrogens is 366 g/mol. The Morgan fingerprint density at radius 1 is 1.28 bits per heavy atom. The molecule has 0 N–H and O–H groups in total. The molecule has 2 unspecified atom stereocenters. The molecule has 154 valence electrons. The molecule has 1 amide bonds. The lowest BCUT2D eigenvalue weighted by atomic mass is 9.86. The third kappa shape index (κ3) is 5.21. The van der Waals surface area contributed by atoms with Crippen molar-refractivity contribution in [1.82, 2.24) is 9.80 Å². The Labute approximate surface area is 172 Å². The minimum atomic E-state index is -0.427. The van der Waals surface area contributed by atoms with Gasteiger partial charge in [-0.25, -0.2) is 4.79 Å². The predicted molar refractivity (Wildman–Crippen MR) is 114 cm³/mol. The van der Waals surface area contributed by atoms with Crippen LogP contribution in [0.4, 0.5) is 0 Å². The summed E-state index contributed by atoms with van der Waals surface area (Å²) in [6.45, 7) is 6.89. The Hall–Kier alpha value is -2.73. The van der Waals surface area contributed by atoms with E-state index < -0.39 is 5.97 Å². The van der Waals surface area contributed by atoms with Crippen molar-refractivity contribution < 1.29 is 14.4 Å². The van der Waals surface area contributed by atoms with Gasteiger partial charge in [0.1, 0.15) is 0 Å². The van der Waals surface area contributed by atoms with Gasteiger partial charge in [-0.3, -0.25) is 9.69 Å². The highest BCUT2D eigenvalue weighted by molar-refractivity contribution is 5.95. The lowest BCUT2D eigenvalue weighted by Gasteiger charge is -2.42. The zero-order chi connectivity index (χ0) is 20.8. The number of carbonyl (C=O) groups is 2. The summed E-state index contributed by atoms with van der Waals surface area (Å²) in [5.41, 5.74) is 2.63. The second-order valence-corrected chi connectivity index (χ2v) is 7.65. The number of likely N-dealkylation sites (N-methyl/N-ethyl adjacent to an activating group) is 1. The monoisotopic (exact) mass is 395 g/mol. The average molecular weight is 396 g/mol. The van der Waals surface area contributed by atoms with E-state index in [9.17, 15) is 9.59 Å². The van der Waals surface area contributed by atoms with Gasteiger partial charge >= 0.3 is 5.97 Å². The largest absolute Gasteiger partial charge is 0.337 e. The molecule has 1 aromatic rings. The van der Waals surface area contributed by atoms with Gasteiger partial charge in [0.15, 0.2) is 0 Å². The number of allylic oxidation sites excluding steroid dienone is 1. The summed E-state index contributed by atoms with van der Waals surface area (Å²) in [7, 11) is 1.86. The third-order valence-corrected chi connectivity index (χ3v) is 5.64. The fraction of sp³-hybridized carbons (Fsp3) is 0.435. The SMILES string of the molecule is C=CCc1ccc(C(=O)N(C)C2CC(=NOC(C)=O)CCC2N2CC=CC2)cc1. The first-order valence-electron chi connectivity index (χ1n) is 10.1. The topological polar surface area (TPSA) is 62.2 Å². The molecule has 6 heteroatoms. The molecule has 1 saturated carbocycles. The van der Waals surface area contributed by atoms with Crippen LogP contribution in [0.5, 0.6) is 0 Å². The lowest BCUT2D eigenvalue weighted by Crippen LogP contribution is -2.54. The number of carbonyl (C=O) groups excluding carboxylic acids is 2. The lowest BCUT2D eigenvalue weighted by molar-refractivity contribution is -0.141. The Kier molecular flexibility index (Phi) is 6.99. The molecule has 3 rings (SSSR count). The van der Waals surface area contributed by atoms with E-state index >= 15 is 0 Å². The summed E-state index contributed by atoms with van der Waals surface area (Å²) in [6.07, 6.45) is 9.22. The molecule has 1 aliphatic carbocycles. The Morgan fingerprint density at radius 2 is 1.97 bits per heavy atom. The first-order valence-corrected chi connectivity index (χ1v) is 10.1. The summed E-state index contributed by atoms with van der Waals surface area (Å²) in [6, 6.07) is 7.91. The molecule has 29 heavy (non-hydrogen) atoms. The molecule has 2 aliphatic rings. The van der Waals surface area contributed by atoms with E-state index in [0.29, 0.717) is 12.0 Å². The molecule has 0 spiro atoms. The van der Waals surface area contributed by atoms with Gasteiger partial charge in [-0.2, -0.15) is 0 Å². The summed E-state index contributed by atoms with van der Waals surface area (Å²) in [5.74, 6) is -0.435. The quantitative estimate of drug-likeness (QED) is 0.422. The van der Waals surface area contributed by atoms with E-state index in [-0.39, 0.29) is 18.0 Å². The number of hydrogen-bond donors (Lipinski definition) is 0. The number of nitrogens with zero attached hydrogens (tertiary/aromatic N) is 3. The first kappa shape index (κ1) is 21.0. The molecule has 2 atom stereocenters. The fourth-order valence-electron chi connectivity index (χ4n) is 4.09. The van der Waals surface area contributed by atoms with E-state index in [1.807, 2.05) is 42.3 Å². The molecule has 1 aromatic carbocycles. The fourth-order valence-corrected chi connectivity index (χ4v) is 4.09. The molecular formula is C23H29N3O3. The minimum absolute atomic E-state index is 0.00829. The van der Waals surface area contributed by atoms with Crippen LogP contribution in [0.3, 0.4) is 0 Å². The Balaban J connectivity index is 1.78. The van der Waals surface area contributed by atoms with E-state index in [2.05, 4.69) is 28.8 Å². The summed E-state index contributed by atoms with van der Waals surface area (Å²) in [5, 5.41) is 4.03. The number of hydrogen-bond acceptors (Lipinski definition) is 5. The second-order valence-electron chi connectivity index (χ2n) is 7.65. The van der Waals surface area contributed by atoms with Crippen LogP contribution >= 0.6 is 0 Å². The second kappa shape index (κ2) is 9.65. The van der Waals surface area contributed by atoms with Gasteiger partial charge < -0.3 is 9.74 Å². The summed E-state index contributed by atoms with van der Waals surface area (Å²) >= 11 is 0. The third-order valence-electron chi connectivity index (χ3n) is 5.64. The highest BCUT2D eigenvalue weighted by Gasteiger charge is 2.37. The maximum Gasteiger partial charge on any atom is 0.331 e. The predicted octanol–water partition coefficient (Wildman–Crippen LogP) is 3.20. The van der Waals surface area contributed by atoms with Crippen LogP contribution in [-0.2, 0) is 16.1 Å². The van der Waals surface area contributed by atoms with Crippen molar-refractivity contribution in [2.24, 2.45) is 5.16 Å². The van der Waals surface area contributed by atoms with E-state index in [0.717, 1.165) is 43.6 Å². The molecule has 0 saturated heterocycles. The zero-order valence-corrected chi connectivity index (χ0v) is 17.2. The van der Waals surface area contributed by atoms with Crippen LogP contribution in [0, 0.1) is 0 Å². The maximum absolute atomic E-state index is 13.2. The van der Waals surface area contributed by atoms with Crippen molar-refractivity contribution in [3.05, 3.63) is 60.2 Å². The van der Waals surface area contributed by atoms with Crippen molar-refractivity contribution in [2.45, 2.75) is 44.7 Å². The van der Waals surface area contributed by atoms with Gasteiger partial charge in [0.05, 0.1) is 11.8 Å². The van der Waals surface area contributed by atoms with Gasteiger partial charge in [-0.15, -0.1) is 6.58 Å². The van der Waals surface area contributed by atoms with Gasteiger partial charge in [0.2, 0.25) is 0 Å². The van der Waals surface area contributed by atoms with Crippen molar-refractivity contribution in [3.8, 4) is 0 Å². The van der Waals surface area contributed by atoms with Crippen LogP contribution < -0.4 is 0 Å². The van der Waals surface area contributed by atoms with Crippen LogP contribution in [0.1, 0.15) is 42.1 Å². The van der Waals surface area contributed by atoms with Crippen molar-refractivity contribution in [1.29, 1.82) is 0 Å². The highest BCUT2D eigenvalue weighted by Crippen LogP contribution is 2.28. The van der Waals surface area contributed by atoms with E-state index in [4.69, 9.17) is 4.84 Å². The number of benzene rings is 1. The minimum Gasteiger partial charge on any atom is -0.337 e. The standard InChI is InChI=1S/C23H29N3O3/c1-4-7-18-8-10-19(11-9-18)23(28)25(3)22-16-20(24-29-17(2)27)12-13-21(22)26-14-5-6-15-26/h4-6,8-11,21-22H,1,7,12-16H2,2-3H3. The van der Waals surface area contributed by atoms with Crippen molar-refractivity contribution >= 4 is 17.6 Å². The van der Waals surface area contributed by atoms with Gasteiger partial charge in [0.25, 0.3) is 5.91 Å². The van der Waals surface area contributed by atoms with Crippen LogP contribution in [0.2, 0.25) is 0 Å². The average Bonchev–Trinajstić information content (AvgIpc) is 3.26. The zero-order valence-electron chi connectivity index (χ0n) is 17.2. The molecule has 1 fully saturated rings. The molecule has 1 heterocycles. The molecule has 0 radical (unpaired) electrons. The van der Waals surface area contributed by atoms with E-state index in [1.54, 1.807) is 0 Å². The Morgan fingerprint density at radius 3 is 2.59 bits per heavy atom. The van der Waals surface area contributed by atoms with Crippen LogP contribution in [0.15, 0.2) is 54.2 Å². The van der Waals surface area contributed by atoms with Crippen molar-refractivity contribution in [3.63, 3.8) is 0 Å². The van der Waals surface area contributed by atoms with Gasteiger partial charge in [-0.05, 0) is 37.0 Å². The smallest absolute Gasteiger partial charge is 0.331 e. The maximum atomic E-state index is 13.2. The normalized spacial score (nSPS) is 23.2. The summed E-state index contributed by atoms with van der Waals surface area (Å²) in [4.78, 5) is 33.4. The molecule has 0 bridgehead atoms. The summed E-state index contributed by atoms with van der Waals surface area (Å²) < 4.78 is 0. The number of oxime groups is 1. The molecule has 6 nitrogen and oxygen atoms in total. The van der Waals surface area contributed by atoms with Crippen LogP contribution in [-0.4, -0.2) is 59.6 Å². The van der Waals surface area contributed by atoms with Crippen molar-refractivity contribution in [2.75, 3.05) is 20.1 Å². The highest BCUT2D eigenvalue weighted by atomic mass is 16.7. The van der Waals surface area contributed by atoms with Gasteiger partial charge in [-0.1, -0.05) is 35.5 Å². The van der Waals surface area contributed by atoms with Gasteiger partial charge in [0, 0.05) is 45.1 Å². The van der Waals surface area contributed by atoms with Crippen LogP contribution in [0.25, 0.3) is 0 Å². The number of amides is 1.